The van der Waals surface area contributed by atoms with Crippen LogP contribution in [0.5, 0.6) is 0 Å². The number of halogens is 3. The topological polar surface area (TPSA) is 63.8 Å². The maximum absolute atomic E-state index is 12.5. The second kappa shape index (κ2) is 6.24. The molecule has 18 heavy (non-hydrogen) atoms. The minimum Gasteiger partial charge on any atom is -0.308 e. The molecule has 0 spiro atoms. The molecule has 1 heterocycles. The lowest BCUT2D eigenvalue weighted by Crippen LogP contribution is -2.16. The first-order chi connectivity index (χ1) is 8.36. The molecular weight excluding hydrogens is 265 g/mol. The van der Waals surface area contributed by atoms with Crippen LogP contribution < -0.4 is 11.3 Å². The van der Waals surface area contributed by atoms with E-state index in [1.54, 1.807) is 0 Å². The largest absolute Gasteiger partial charge is 0.451 e. The summed E-state index contributed by atoms with van der Waals surface area (Å²) in [7, 11) is 0. The summed E-state index contributed by atoms with van der Waals surface area (Å²) in [6, 6.07) is 1.41. The molecule has 4 nitrogen and oxygen atoms in total. The summed E-state index contributed by atoms with van der Waals surface area (Å²) < 4.78 is 37.6. The summed E-state index contributed by atoms with van der Waals surface area (Å²) in [6.07, 6.45) is -3.61. The number of aromatic nitrogens is 2. The Morgan fingerprint density at radius 2 is 2.11 bits per heavy atom. The molecule has 0 amide bonds. The Kier molecular flexibility index (Phi) is 5.21. The third-order valence-electron chi connectivity index (χ3n) is 2.32. The van der Waals surface area contributed by atoms with E-state index in [1.807, 2.05) is 13.8 Å². The van der Waals surface area contributed by atoms with Crippen molar-refractivity contribution >= 4 is 17.6 Å². The van der Waals surface area contributed by atoms with Gasteiger partial charge in [0.05, 0.1) is 0 Å². The first kappa shape index (κ1) is 15.0. The monoisotopic (exact) mass is 280 g/mol. The fraction of sp³-hybridized carbons (Fsp3) is 0.600. The number of hydrogen-bond acceptors (Lipinski definition) is 5. The molecule has 0 aliphatic rings. The SMILES string of the molecule is CCC(C)CSc1cc(NN)nc(C(F)(F)F)n1. The van der Waals surface area contributed by atoms with Gasteiger partial charge in [0.25, 0.3) is 0 Å². The maximum Gasteiger partial charge on any atom is 0.451 e. The highest BCUT2D eigenvalue weighted by Crippen LogP contribution is 2.30. The highest BCUT2D eigenvalue weighted by Gasteiger charge is 2.35. The molecule has 0 aliphatic heterocycles. The molecule has 3 N–H and O–H groups in total. The molecule has 1 unspecified atom stereocenters. The average Bonchev–Trinajstić information content (AvgIpc) is 2.34. The maximum atomic E-state index is 12.5. The van der Waals surface area contributed by atoms with Gasteiger partial charge in [-0.15, -0.1) is 11.8 Å². The van der Waals surface area contributed by atoms with Crippen LogP contribution in [0.25, 0.3) is 0 Å². The van der Waals surface area contributed by atoms with Gasteiger partial charge in [-0.05, 0) is 5.92 Å². The number of nitrogens with zero attached hydrogens (tertiary/aromatic N) is 2. The minimum absolute atomic E-state index is 0.0380. The van der Waals surface area contributed by atoms with Crippen LogP contribution in [0.4, 0.5) is 19.0 Å². The van der Waals surface area contributed by atoms with E-state index in [1.165, 1.54) is 17.8 Å². The summed E-state index contributed by atoms with van der Waals surface area (Å²) in [4.78, 5) is 6.78. The van der Waals surface area contributed by atoms with E-state index >= 15 is 0 Å². The second-order valence-electron chi connectivity index (χ2n) is 3.88. The van der Waals surface area contributed by atoms with Crippen molar-refractivity contribution in [3.05, 3.63) is 11.9 Å². The molecule has 0 aliphatic carbocycles. The molecule has 1 aromatic rings. The number of alkyl halides is 3. The standard InChI is InChI=1S/C10H15F3N4S/c1-3-6(2)5-18-8-4-7(17-14)15-9(16-8)10(11,12)13/h4,6H,3,5,14H2,1-2H3,(H,15,16,17). The van der Waals surface area contributed by atoms with Crippen LogP contribution in [0, 0.1) is 5.92 Å². The number of thioether (sulfide) groups is 1. The Morgan fingerprint density at radius 1 is 1.44 bits per heavy atom. The summed E-state index contributed by atoms with van der Waals surface area (Å²) in [5.41, 5.74) is 2.12. The summed E-state index contributed by atoms with van der Waals surface area (Å²) in [5, 5.41) is 0.269. The van der Waals surface area contributed by atoms with Gasteiger partial charge in [0.15, 0.2) is 0 Å². The Balaban J connectivity index is 2.91. The van der Waals surface area contributed by atoms with Crippen molar-refractivity contribution < 1.29 is 13.2 Å². The number of hydrogen-bond donors (Lipinski definition) is 2. The quantitative estimate of drug-likeness (QED) is 0.376. The van der Waals surface area contributed by atoms with Gasteiger partial charge in [0, 0.05) is 11.8 Å². The molecular formula is C10H15F3N4S. The average molecular weight is 280 g/mol. The van der Waals surface area contributed by atoms with E-state index in [0.717, 1.165) is 6.42 Å². The van der Waals surface area contributed by atoms with Crippen LogP contribution in [-0.2, 0) is 6.18 Å². The summed E-state index contributed by atoms with van der Waals surface area (Å²) in [6.45, 7) is 4.06. The van der Waals surface area contributed by atoms with Crippen molar-refractivity contribution in [3.8, 4) is 0 Å². The number of rotatable bonds is 5. The van der Waals surface area contributed by atoms with E-state index in [2.05, 4.69) is 15.4 Å². The summed E-state index contributed by atoms with van der Waals surface area (Å²) in [5.74, 6) is 5.00. The van der Waals surface area contributed by atoms with Gasteiger partial charge in [-0.25, -0.2) is 15.8 Å². The molecule has 0 fully saturated rings. The van der Waals surface area contributed by atoms with Gasteiger partial charge in [-0.2, -0.15) is 13.2 Å². The number of nitrogens with one attached hydrogen (secondary N) is 1. The zero-order chi connectivity index (χ0) is 13.8. The van der Waals surface area contributed by atoms with Crippen LogP contribution in [0.3, 0.4) is 0 Å². The Morgan fingerprint density at radius 3 is 2.61 bits per heavy atom. The van der Waals surface area contributed by atoms with Gasteiger partial charge >= 0.3 is 6.18 Å². The third kappa shape index (κ3) is 4.34. The van der Waals surface area contributed by atoms with Crippen molar-refractivity contribution in [1.29, 1.82) is 0 Å². The van der Waals surface area contributed by atoms with Crippen LogP contribution in [-0.4, -0.2) is 15.7 Å². The molecule has 8 heteroatoms. The fourth-order valence-corrected chi connectivity index (χ4v) is 2.08. The molecule has 1 rings (SSSR count). The lowest BCUT2D eigenvalue weighted by molar-refractivity contribution is -0.145. The van der Waals surface area contributed by atoms with Gasteiger partial charge < -0.3 is 5.43 Å². The highest BCUT2D eigenvalue weighted by molar-refractivity contribution is 7.99. The van der Waals surface area contributed by atoms with Gasteiger partial charge in [0.1, 0.15) is 10.8 Å². The van der Waals surface area contributed by atoms with Crippen molar-refractivity contribution in [2.75, 3.05) is 11.2 Å². The van der Waals surface area contributed by atoms with Crippen LogP contribution in [0.1, 0.15) is 26.1 Å². The van der Waals surface area contributed by atoms with Crippen LogP contribution in [0.2, 0.25) is 0 Å². The molecule has 0 bridgehead atoms. The molecule has 0 saturated heterocycles. The number of nitrogens with two attached hydrogens (primary N) is 1. The van der Waals surface area contributed by atoms with Crippen LogP contribution >= 0.6 is 11.8 Å². The van der Waals surface area contributed by atoms with Crippen LogP contribution in [0.15, 0.2) is 11.1 Å². The zero-order valence-corrected chi connectivity index (χ0v) is 10.9. The predicted molar refractivity (Wildman–Crippen MR) is 65.0 cm³/mol. The van der Waals surface area contributed by atoms with Crippen molar-refractivity contribution in [2.24, 2.45) is 11.8 Å². The summed E-state index contributed by atoms with van der Waals surface area (Å²) >= 11 is 1.27. The Bertz CT molecular complexity index is 397. The van der Waals surface area contributed by atoms with E-state index in [9.17, 15) is 13.2 Å². The van der Waals surface area contributed by atoms with Gasteiger partial charge in [0.2, 0.25) is 5.82 Å². The second-order valence-corrected chi connectivity index (χ2v) is 4.92. The van der Waals surface area contributed by atoms with E-state index in [4.69, 9.17) is 5.84 Å². The molecule has 0 saturated carbocycles. The van der Waals surface area contributed by atoms with E-state index in [-0.39, 0.29) is 10.8 Å². The van der Waals surface area contributed by atoms with E-state index in [0.29, 0.717) is 11.7 Å². The van der Waals surface area contributed by atoms with Crippen molar-refractivity contribution in [1.82, 2.24) is 9.97 Å². The number of hydrazine groups is 1. The molecule has 0 radical (unpaired) electrons. The molecule has 0 aromatic carbocycles. The van der Waals surface area contributed by atoms with Crippen molar-refractivity contribution in [3.63, 3.8) is 0 Å². The van der Waals surface area contributed by atoms with Gasteiger partial charge in [-0.1, -0.05) is 20.3 Å². The highest BCUT2D eigenvalue weighted by atomic mass is 32.2. The lowest BCUT2D eigenvalue weighted by Gasteiger charge is -2.11. The Labute approximate surface area is 108 Å². The molecule has 1 aromatic heterocycles. The lowest BCUT2D eigenvalue weighted by atomic mass is 10.2. The smallest absolute Gasteiger partial charge is 0.308 e. The normalized spacial score (nSPS) is 13.4. The third-order valence-corrected chi connectivity index (χ3v) is 3.56. The number of anilines is 1. The first-order valence-corrected chi connectivity index (χ1v) is 6.41. The molecule has 102 valence electrons. The minimum atomic E-state index is -4.57. The fourth-order valence-electron chi connectivity index (χ4n) is 1.05. The Hall–Kier alpha value is -1.02. The van der Waals surface area contributed by atoms with Crippen molar-refractivity contribution in [2.45, 2.75) is 31.5 Å². The van der Waals surface area contributed by atoms with E-state index < -0.39 is 12.0 Å². The predicted octanol–water partition coefficient (Wildman–Crippen LogP) is 2.92. The zero-order valence-electron chi connectivity index (χ0n) is 10.1. The first-order valence-electron chi connectivity index (χ1n) is 5.42. The van der Waals surface area contributed by atoms with Gasteiger partial charge in [-0.3, -0.25) is 0 Å². The number of nitrogen functional groups attached to an aromatic ring is 1. The molecule has 1 atom stereocenters.